The Morgan fingerprint density at radius 1 is 1.09 bits per heavy atom. The molecule has 1 aliphatic rings. The highest BCUT2D eigenvalue weighted by molar-refractivity contribution is 7.89. The van der Waals surface area contributed by atoms with E-state index in [2.05, 4.69) is 10.3 Å². The lowest BCUT2D eigenvalue weighted by Gasteiger charge is -2.21. The molecule has 2 heterocycles. The fourth-order valence-electron chi connectivity index (χ4n) is 4.06. The first-order valence-electron chi connectivity index (χ1n) is 10.2. The molecule has 1 saturated heterocycles. The Morgan fingerprint density at radius 3 is 2.42 bits per heavy atom. The van der Waals surface area contributed by atoms with Crippen LogP contribution in [0.1, 0.15) is 22.6 Å². The van der Waals surface area contributed by atoms with Gasteiger partial charge in [0, 0.05) is 44.8 Å². The summed E-state index contributed by atoms with van der Waals surface area (Å²) >= 11 is 0. The highest BCUT2D eigenvalue weighted by atomic mass is 32.2. The van der Waals surface area contributed by atoms with Gasteiger partial charge in [-0.3, -0.25) is 0 Å². The minimum Gasteiger partial charge on any atom is -0.339 e. The monoisotopic (exact) mass is 482 g/mol. The first-order chi connectivity index (χ1) is 15.6. The van der Waals surface area contributed by atoms with Crippen LogP contribution in [0.2, 0.25) is 0 Å². The van der Waals surface area contributed by atoms with Crippen molar-refractivity contribution in [1.82, 2.24) is 19.2 Å². The first kappa shape index (κ1) is 23.4. The maximum Gasteiger partial charge on any atom is 0.416 e. The first-order valence-corrected chi connectivity index (χ1v) is 11.6. The molecule has 0 bridgehead atoms. The molecule has 0 aliphatic carbocycles. The topological polar surface area (TPSA) is 67.2 Å². The molecule has 0 saturated carbocycles. The number of hydrogen-bond donors (Lipinski definition) is 1. The predicted octanol–water partition coefficient (Wildman–Crippen LogP) is 3.52. The molecule has 6 nitrogen and oxygen atoms in total. The Morgan fingerprint density at radius 2 is 1.79 bits per heavy atom. The molecule has 3 aromatic rings. The molecule has 33 heavy (non-hydrogen) atoms. The molecule has 0 unspecified atom stereocenters. The van der Waals surface area contributed by atoms with E-state index in [4.69, 9.17) is 0 Å². The van der Waals surface area contributed by atoms with Crippen molar-refractivity contribution in [3.05, 3.63) is 83.6 Å². The van der Waals surface area contributed by atoms with Gasteiger partial charge in [0.15, 0.2) is 5.03 Å². The van der Waals surface area contributed by atoms with E-state index in [1.807, 2.05) is 0 Å². The molecule has 2 atom stereocenters. The zero-order valence-corrected chi connectivity index (χ0v) is 18.4. The van der Waals surface area contributed by atoms with Crippen LogP contribution in [0.15, 0.2) is 66.1 Å². The Kier molecular flexibility index (Phi) is 6.30. The molecular formula is C22H22F4N4O2S. The van der Waals surface area contributed by atoms with E-state index >= 15 is 0 Å². The number of imidazole rings is 1. The minimum absolute atomic E-state index is 0.0368. The summed E-state index contributed by atoms with van der Waals surface area (Å²) in [5.41, 5.74) is 0.0115. The van der Waals surface area contributed by atoms with Crippen molar-refractivity contribution in [2.75, 3.05) is 13.1 Å². The second-order valence-electron chi connectivity index (χ2n) is 8.00. The SMILES string of the molecule is Cn1cnc(S(=O)(=O)N2C[C@H](NCc3ccccc3C(F)(F)F)[C@@H](c3ccc(F)cc3)C2)c1. The van der Waals surface area contributed by atoms with Gasteiger partial charge in [0.05, 0.1) is 11.9 Å². The number of sulfonamides is 1. The molecule has 2 aromatic carbocycles. The summed E-state index contributed by atoms with van der Waals surface area (Å²) in [6.45, 7) is 0.0216. The van der Waals surface area contributed by atoms with Gasteiger partial charge in [0.25, 0.3) is 10.0 Å². The highest BCUT2D eigenvalue weighted by Crippen LogP contribution is 2.34. The van der Waals surface area contributed by atoms with Crippen LogP contribution in [-0.2, 0) is 29.8 Å². The molecule has 0 radical (unpaired) electrons. The van der Waals surface area contributed by atoms with Crippen molar-refractivity contribution in [3.8, 4) is 0 Å². The summed E-state index contributed by atoms with van der Waals surface area (Å²) in [6.07, 6.45) is -1.73. The summed E-state index contributed by atoms with van der Waals surface area (Å²) in [4.78, 5) is 3.94. The number of rotatable bonds is 6. The van der Waals surface area contributed by atoms with Crippen molar-refractivity contribution < 1.29 is 26.0 Å². The Labute approximate surface area is 188 Å². The molecule has 1 N–H and O–H groups in total. The fourth-order valence-corrected chi connectivity index (χ4v) is 5.52. The van der Waals surface area contributed by atoms with Gasteiger partial charge in [0.2, 0.25) is 0 Å². The van der Waals surface area contributed by atoms with Crippen LogP contribution < -0.4 is 5.32 Å². The summed E-state index contributed by atoms with van der Waals surface area (Å²) in [6, 6.07) is 10.4. The van der Waals surface area contributed by atoms with Crippen LogP contribution in [-0.4, -0.2) is 41.4 Å². The maximum absolute atomic E-state index is 13.4. The number of aryl methyl sites for hydroxylation is 1. The Balaban J connectivity index is 1.61. The van der Waals surface area contributed by atoms with Gasteiger partial charge in [-0.15, -0.1) is 0 Å². The van der Waals surface area contributed by atoms with Crippen LogP contribution >= 0.6 is 0 Å². The van der Waals surface area contributed by atoms with E-state index in [9.17, 15) is 26.0 Å². The highest BCUT2D eigenvalue weighted by Gasteiger charge is 2.41. The Bertz CT molecular complexity index is 1230. The number of alkyl halides is 3. The standard InChI is InChI=1S/C22H22F4N4O2S/c1-29-13-21(28-14-29)33(31,32)30-11-18(15-6-8-17(23)9-7-15)20(12-30)27-10-16-4-2-3-5-19(16)22(24,25)26/h2-9,13-14,18,20,27H,10-12H2,1H3/t18-,20+/m1/s1. The molecule has 0 amide bonds. The summed E-state index contributed by atoms with van der Waals surface area (Å²) in [5, 5.41) is 3.00. The van der Waals surface area contributed by atoms with Crippen LogP contribution in [0.3, 0.4) is 0 Å². The third kappa shape index (κ3) is 4.94. The zero-order valence-electron chi connectivity index (χ0n) is 17.6. The van der Waals surface area contributed by atoms with E-state index < -0.39 is 33.6 Å². The van der Waals surface area contributed by atoms with Gasteiger partial charge in [-0.25, -0.2) is 17.8 Å². The number of nitrogens with one attached hydrogen (secondary N) is 1. The molecule has 1 aliphatic heterocycles. The van der Waals surface area contributed by atoms with Gasteiger partial charge in [-0.2, -0.15) is 17.5 Å². The maximum atomic E-state index is 13.4. The van der Waals surface area contributed by atoms with E-state index in [-0.39, 0.29) is 36.1 Å². The van der Waals surface area contributed by atoms with Gasteiger partial charge < -0.3 is 9.88 Å². The lowest BCUT2D eigenvalue weighted by atomic mass is 9.94. The van der Waals surface area contributed by atoms with Crippen LogP contribution in [0.25, 0.3) is 0 Å². The van der Waals surface area contributed by atoms with Gasteiger partial charge in [-0.1, -0.05) is 30.3 Å². The van der Waals surface area contributed by atoms with Crippen LogP contribution in [0, 0.1) is 5.82 Å². The van der Waals surface area contributed by atoms with E-state index in [0.29, 0.717) is 5.56 Å². The number of halogens is 4. The quantitative estimate of drug-likeness (QED) is 0.546. The van der Waals surface area contributed by atoms with Crippen LogP contribution in [0.5, 0.6) is 0 Å². The second-order valence-corrected chi connectivity index (χ2v) is 9.88. The summed E-state index contributed by atoms with van der Waals surface area (Å²) < 4.78 is 82.6. The molecule has 1 fully saturated rings. The molecular weight excluding hydrogens is 460 g/mol. The smallest absolute Gasteiger partial charge is 0.339 e. The minimum atomic E-state index is -4.50. The van der Waals surface area contributed by atoms with Crippen LogP contribution in [0.4, 0.5) is 17.6 Å². The lowest BCUT2D eigenvalue weighted by Crippen LogP contribution is -2.36. The molecule has 4 rings (SSSR count). The van der Waals surface area contributed by atoms with Crippen molar-refractivity contribution >= 4 is 10.0 Å². The largest absolute Gasteiger partial charge is 0.416 e. The average molecular weight is 483 g/mol. The van der Waals surface area contributed by atoms with Crippen molar-refractivity contribution in [3.63, 3.8) is 0 Å². The van der Waals surface area contributed by atoms with Crippen molar-refractivity contribution in [1.29, 1.82) is 0 Å². The lowest BCUT2D eigenvalue weighted by molar-refractivity contribution is -0.138. The molecule has 1 aromatic heterocycles. The third-order valence-corrected chi connectivity index (χ3v) is 7.46. The molecule has 0 spiro atoms. The number of benzene rings is 2. The third-order valence-electron chi connectivity index (χ3n) is 5.75. The van der Waals surface area contributed by atoms with E-state index in [1.54, 1.807) is 19.2 Å². The van der Waals surface area contributed by atoms with Gasteiger partial charge in [0.1, 0.15) is 5.82 Å². The van der Waals surface area contributed by atoms with Crippen molar-refractivity contribution in [2.45, 2.75) is 29.7 Å². The van der Waals surface area contributed by atoms with Gasteiger partial charge in [-0.05, 0) is 29.3 Å². The van der Waals surface area contributed by atoms with Gasteiger partial charge >= 0.3 is 6.18 Å². The van der Waals surface area contributed by atoms with E-state index in [0.717, 1.165) is 6.07 Å². The summed E-state index contributed by atoms with van der Waals surface area (Å²) in [5.74, 6) is -0.819. The molecule has 11 heteroatoms. The van der Waals surface area contributed by atoms with Crippen molar-refractivity contribution in [2.24, 2.45) is 7.05 Å². The number of nitrogens with zero attached hydrogens (tertiary/aromatic N) is 3. The average Bonchev–Trinajstić information content (AvgIpc) is 3.40. The normalized spacial score (nSPS) is 19.8. The fraction of sp³-hybridized carbons (Fsp3) is 0.318. The predicted molar refractivity (Wildman–Crippen MR) is 113 cm³/mol. The van der Waals surface area contributed by atoms with E-state index in [1.165, 1.54) is 51.7 Å². The Hall–Kier alpha value is -2.76. The number of aromatic nitrogens is 2. The second kappa shape index (κ2) is 8.88. The molecule has 176 valence electrons. The zero-order chi connectivity index (χ0) is 23.8. The summed E-state index contributed by atoms with van der Waals surface area (Å²) in [7, 11) is -2.25. The number of hydrogen-bond acceptors (Lipinski definition) is 4.